The maximum absolute atomic E-state index is 9.17. The second-order valence-electron chi connectivity index (χ2n) is 4.20. The van der Waals surface area contributed by atoms with Crippen LogP contribution < -0.4 is 5.73 Å². The van der Waals surface area contributed by atoms with E-state index in [1.807, 2.05) is 19.1 Å². The van der Waals surface area contributed by atoms with Crippen LogP contribution in [0.1, 0.15) is 17.8 Å². The van der Waals surface area contributed by atoms with E-state index in [4.69, 9.17) is 22.1 Å². The maximum atomic E-state index is 9.17. The first-order valence-electron chi connectivity index (χ1n) is 5.94. The van der Waals surface area contributed by atoms with Crippen LogP contribution in [0.15, 0.2) is 12.1 Å². The standard InChI is InChI=1S/C12H21ClN2O2S/c1-9(14)12(10-3-4-11(13)18-10)15(5-7-16)6-8-17-2/h3-4,9,12,16H,5-8,14H2,1-2H3. The minimum atomic E-state index is -0.0388. The third-order valence-electron chi connectivity index (χ3n) is 2.75. The first-order chi connectivity index (χ1) is 8.60. The van der Waals surface area contributed by atoms with Gasteiger partial charge in [-0.05, 0) is 19.1 Å². The minimum absolute atomic E-state index is 0.0388. The summed E-state index contributed by atoms with van der Waals surface area (Å²) >= 11 is 7.51. The molecule has 6 heteroatoms. The number of thiophene rings is 1. The van der Waals surface area contributed by atoms with Crippen LogP contribution >= 0.6 is 22.9 Å². The Morgan fingerprint density at radius 2 is 2.22 bits per heavy atom. The lowest BCUT2D eigenvalue weighted by Gasteiger charge is -2.33. The van der Waals surface area contributed by atoms with Crippen molar-refractivity contribution in [2.24, 2.45) is 5.73 Å². The fourth-order valence-electron chi connectivity index (χ4n) is 1.99. The molecule has 0 aromatic carbocycles. The number of nitrogens with zero attached hydrogens (tertiary/aromatic N) is 1. The summed E-state index contributed by atoms with van der Waals surface area (Å²) in [5.74, 6) is 0. The monoisotopic (exact) mass is 292 g/mol. The van der Waals surface area contributed by atoms with Gasteiger partial charge in [0.15, 0.2) is 0 Å². The number of methoxy groups -OCH3 is 1. The van der Waals surface area contributed by atoms with Crippen molar-refractivity contribution in [3.8, 4) is 0 Å². The van der Waals surface area contributed by atoms with Gasteiger partial charge in [0, 0.05) is 31.1 Å². The van der Waals surface area contributed by atoms with E-state index >= 15 is 0 Å². The van der Waals surface area contributed by atoms with Gasteiger partial charge in [-0.25, -0.2) is 0 Å². The molecule has 0 amide bonds. The summed E-state index contributed by atoms with van der Waals surface area (Å²) in [5.41, 5.74) is 6.08. The van der Waals surface area contributed by atoms with Gasteiger partial charge in [0.1, 0.15) is 0 Å². The van der Waals surface area contributed by atoms with Crippen LogP contribution in [0.25, 0.3) is 0 Å². The molecular weight excluding hydrogens is 272 g/mol. The van der Waals surface area contributed by atoms with Gasteiger partial charge >= 0.3 is 0 Å². The zero-order valence-electron chi connectivity index (χ0n) is 10.8. The number of hydrogen-bond donors (Lipinski definition) is 2. The third kappa shape index (κ3) is 4.50. The molecule has 0 aliphatic heterocycles. The van der Waals surface area contributed by atoms with E-state index in [-0.39, 0.29) is 18.7 Å². The SMILES string of the molecule is COCCN(CCO)C(c1ccc(Cl)s1)C(C)N. The van der Waals surface area contributed by atoms with Crippen LogP contribution in [-0.4, -0.2) is 49.5 Å². The van der Waals surface area contributed by atoms with Crippen molar-refractivity contribution >= 4 is 22.9 Å². The van der Waals surface area contributed by atoms with Gasteiger partial charge in [-0.1, -0.05) is 11.6 Å². The summed E-state index contributed by atoms with van der Waals surface area (Å²) in [6, 6.07) is 3.90. The van der Waals surface area contributed by atoms with E-state index in [9.17, 15) is 5.11 Å². The first-order valence-corrected chi connectivity index (χ1v) is 7.14. The van der Waals surface area contributed by atoms with Gasteiger partial charge in [-0.3, -0.25) is 4.90 Å². The highest BCUT2D eigenvalue weighted by Crippen LogP contribution is 2.32. The van der Waals surface area contributed by atoms with Crippen LogP contribution in [0.3, 0.4) is 0 Å². The Morgan fingerprint density at radius 1 is 1.50 bits per heavy atom. The topological polar surface area (TPSA) is 58.7 Å². The highest BCUT2D eigenvalue weighted by Gasteiger charge is 2.25. The largest absolute Gasteiger partial charge is 0.395 e. The molecule has 0 radical (unpaired) electrons. The van der Waals surface area contributed by atoms with Crippen LogP contribution in [0.5, 0.6) is 0 Å². The number of halogens is 1. The van der Waals surface area contributed by atoms with Crippen molar-refractivity contribution in [1.29, 1.82) is 0 Å². The van der Waals surface area contributed by atoms with Gasteiger partial charge in [-0.2, -0.15) is 0 Å². The molecule has 1 heterocycles. The summed E-state index contributed by atoms with van der Waals surface area (Å²) in [5, 5.41) is 9.17. The van der Waals surface area contributed by atoms with E-state index in [1.54, 1.807) is 7.11 Å². The predicted octanol–water partition coefficient (Wildman–Crippen LogP) is 1.73. The van der Waals surface area contributed by atoms with Crippen molar-refractivity contribution < 1.29 is 9.84 Å². The van der Waals surface area contributed by atoms with Gasteiger partial charge < -0.3 is 15.6 Å². The lowest BCUT2D eigenvalue weighted by molar-refractivity contribution is 0.0941. The molecule has 18 heavy (non-hydrogen) atoms. The lowest BCUT2D eigenvalue weighted by atomic mass is 10.1. The molecule has 0 bridgehead atoms. The summed E-state index contributed by atoms with van der Waals surface area (Å²) in [4.78, 5) is 3.26. The van der Waals surface area contributed by atoms with Crippen molar-refractivity contribution in [1.82, 2.24) is 4.90 Å². The second kappa shape index (κ2) is 8.09. The van der Waals surface area contributed by atoms with E-state index < -0.39 is 0 Å². The lowest BCUT2D eigenvalue weighted by Crippen LogP contribution is -2.42. The normalized spacial score (nSPS) is 15.0. The Hall–Kier alpha value is -0.170. The van der Waals surface area contributed by atoms with Crippen LogP contribution in [0.4, 0.5) is 0 Å². The number of aliphatic hydroxyl groups excluding tert-OH is 1. The fraction of sp³-hybridized carbons (Fsp3) is 0.667. The van der Waals surface area contributed by atoms with E-state index in [0.29, 0.717) is 13.2 Å². The number of rotatable bonds is 8. The zero-order valence-corrected chi connectivity index (χ0v) is 12.4. The average molecular weight is 293 g/mol. The van der Waals surface area contributed by atoms with E-state index in [2.05, 4.69) is 4.90 Å². The van der Waals surface area contributed by atoms with Crippen LogP contribution in [0.2, 0.25) is 4.34 Å². The summed E-state index contributed by atoms with van der Waals surface area (Å²) in [7, 11) is 1.67. The minimum Gasteiger partial charge on any atom is -0.395 e. The second-order valence-corrected chi connectivity index (χ2v) is 5.94. The fourth-order valence-corrected chi connectivity index (χ4v) is 3.30. The van der Waals surface area contributed by atoms with Crippen molar-refractivity contribution in [2.75, 3.05) is 33.4 Å². The molecule has 1 rings (SSSR count). The number of nitrogens with two attached hydrogens (primary N) is 1. The number of aliphatic hydroxyl groups is 1. The molecule has 2 unspecified atom stereocenters. The molecule has 0 saturated carbocycles. The Labute approximate surface area is 117 Å². The number of ether oxygens (including phenoxy) is 1. The molecule has 1 aromatic heterocycles. The highest BCUT2D eigenvalue weighted by atomic mass is 35.5. The van der Waals surface area contributed by atoms with Gasteiger partial charge in [0.25, 0.3) is 0 Å². The summed E-state index contributed by atoms with van der Waals surface area (Å²) < 4.78 is 5.86. The number of hydrogen-bond acceptors (Lipinski definition) is 5. The molecule has 0 aliphatic carbocycles. The van der Waals surface area contributed by atoms with Crippen LogP contribution in [0, 0.1) is 0 Å². The third-order valence-corrected chi connectivity index (χ3v) is 4.05. The van der Waals surface area contributed by atoms with Gasteiger partial charge in [0.05, 0.1) is 23.6 Å². The Kier molecular flexibility index (Phi) is 7.14. The smallest absolute Gasteiger partial charge is 0.0931 e. The van der Waals surface area contributed by atoms with Crippen LogP contribution in [-0.2, 0) is 4.74 Å². The zero-order chi connectivity index (χ0) is 13.5. The highest BCUT2D eigenvalue weighted by molar-refractivity contribution is 7.16. The van der Waals surface area contributed by atoms with E-state index in [0.717, 1.165) is 15.8 Å². The molecule has 104 valence electrons. The summed E-state index contributed by atoms with van der Waals surface area (Å²) in [6.07, 6.45) is 0. The molecule has 1 aromatic rings. The van der Waals surface area contributed by atoms with Gasteiger partial charge in [-0.15, -0.1) is 11.3 Å². The Bertz CT molecular complexity index is 347. The molecular formula is C12H21ClN2O2S. The van der Waals surface area contributed by atoms with E-state index in [1.165, 1.54) is 11.3 Å². The van der Waals surface area contributed by atoms with Crippen molar-refractivity contribution in [3.05, 3.63) is 21.3 Å². The first kappa shape index (κ1) is 15.9. The molecule has 0 aliphatic rings. The van der Waals surface area contributed by atoms with Crippen molar-refractivity contribution in [3.63, 3.8) is 0 Å². The maximum Gasteiger partial charge on any atom is 0.0931 e. The molecule has 0 saturated heterocycles. The molecule has 0 spiro atoms. The average Bonchev–Trinajstić information content (AvgIpc) is 2.72. The quantitative estimate of drug-likeness (QED) is 0.766. The predicted molar refractivity (Wildman–Crippen MR) is 76.3 cm³/mol. The Balaban J connectivity index is 2.85. The van der Waals surface area contributed by atoms with Gasteiger partial charge in [0.2, 0.25) is 0 Å². The molecule has 0 fully saturated rings. The molecule has 3 N–H and O–H groups in total. The summed E-state index contributed by atoms with van der Waals surface area (Å²) in [6.45, 7) is 3.99. The molecule has 2 atom stereocenters. The Morgan fingerprint density at radius 3 is 2.67 bits per heavy atom. The molecule has 4 nitrogen and oxygen atoms in total. The van der Waals surface area contributed by atoms with Crippen molar-refractivity contribution in [2.45, 2.75) is 19.0 Å².